The number of nitro benzene ring substituents is 2. The molecule has 10 nitrogen and oxygen atoms in total. The fraction of sp³-hybridized carbons (Fsp3) is 0.222. The van der Waals surface area contributed by atoms with Crippen molar-refractivity contribution in [2.75, 3.05) is 0 Å². The molecule has 0 heterocycles. The van der Waals surface area contributed by atoms with E-state index in [4.69, 9.17) is 9.47 Å². The van der Waals surface area contributed by atoms with E-state index in [1.54, 1.807) is 0 Å². The van der Waals surface area contributed by atoms with Crippen LogP contribution in [0.25, 0.3) is 0 Å². The van der Waals surface area contributed by atoms with Gasteiger partial charge in [-0.3, -0.25) is 20.2 Å². The van der Waals surface area contributed by atoms with Crippen molar-refractivity contribution < 1.29 is 28.9 Å². The minimum absolute atomic E-state index is 0.117. The van der Waals surface area contributed by atoms with E-state index in [-0.39, 0.29) is 22.5 Å². The van der Waals surface area contributed by atoms with Gasteiger partial charge in [-0.25, -0.2) is 9.59 Å². The van der Waals surface area contributed by atoms with Crippen LogP contribution in [0.15, 0.2) is 48.5 Å². The number of carbonyl (C=O) groups excluding carboxylic acids is 2. The molecule has 0 bridgehead atoms. The fourth-order valence-electron chi connectivity index (χ4n) is 2.10. The Hall–Kier alpha value is -3.82. The predicted octanol–water partition coefficient (Wildman–Crippen LogP) is 3.29. The normalized spacial score (nSPS) is 12.5. The summed E-state index contributed by atoms with van der Waals surface area (Å²) in [4.78, 5) is 44.3. The maximum absolute atomic E-state index is 12.1. The van der Waals surface area contributed by atoms with Crippen molar-refractivity contribution in [2.24, 2.45) is 0 Å². The van der Waals surface area contributed by atoms with Gasteiger partial charge in [-0.2, -0.15) is 0 Å². The minimum Gasteiger partial charge on any atom is -0.455 e. The first-order valence-corrected chi connectivity index (χ1v) is 8.10. The predicted molar refractivity (Wildman–Crippen MR) is 95.9 cm³/mol. The van der Waals surface area contributed by atoms with Crippen molar-refractivity contribution in [3.63, 3.8) is 0 Å². The van der Waals surface area contributed by atoms with Crippen LogP contribution in [0, 0.1) is 20.2 Å². The Labute approximate surface area is 159 Å². The third-order valence-corrected chi connectivity index (χ3v) is 3.87. The Balaban J connectivity index is 1.94. The molecular formula is C18H16N2O8. The molecule has 0 fully saturated rings. The third kappa shape index (κ3) is 5.10. The Morgan fingerprint density at radius 2 is 1.00 bits per heavy atom. The van der Waals surface area contributed by atoms with E-state index in [0.29, 0.717) is 0 Å². The first kappa shape index (κ1) is 20.5. The lowest BCUT2D eigenvalue weighted by molar-refractivity contribution is -0.385. The lowest BCUT2D eigenvalue weighted by atomic mass is 10.2. The molecule has 10 heteroatoms. The first-order valence-electron chi connectivity index (χ1n) is 8.10. The zero-order chi connectivity index (χ0) is 20.8. The second kappa shape index (κ2) is 8.71. The van der Waals surface area contributed by atoms with Gasteiger partial charge in [0.25, 0.3) is 11.4 Å². The van der Waals surface area contributed by atoms with Gasteiger partial charge in [0.1, 0.15) is 12.2 Å². The topological polar surface area (TPSA) is 139 Å². The summed E-state index contributed by atoms with van der Waals surface area (Å²) in [5.41, 5.74) is -0.0809. The van der Waals surface area contributed by atoms with Crippen molar-refractivity contribution in [2.45, 2.75) is 26.1 Å². The highest BCUT2D eigenvalue weighted by Gasteiger charge is 2.23. The SMILES string of the molecule is C[C@H](OC(=O)c1ccc([N+](=O)[O-])cc1)[C@@H](C)OC(=O)c1ccc([N+](=O)[O-])cc1. The molecule has 2 atom stereocenters. The molecule has 2 aromatic rings. The summed E-state index contributed by atoms with van der Waals surface area (Å²) >= 11 is 0. The Bertz CT molecular complexity index is 817. The standard InChI is InChI=1S/C18H16N2O8/c1-11(27-17(21)13-3-7-15(8-4-13)19(23)24)12(2)28-18(22)14-5-9-16(10-6-14)20(25)26/h3-12H,1-2H3/t11-,12+. The van der Waals surface area contributed by atoms with Crippen molar-refractivity contribution in [3.8, 4) is 0 Å². The van der Waals surface area contributed by atoms with Crippen LogP contribution in [0.1, 0.15) is 34.6 Å². The molecule has 0 aliphatic carbocycles. The fourth-order valence-corrected chi connectivity index (χ4v) is 2.10. The number of hydrogen-bond donors (Lipinski definition) is 0. The van der Waals surface area contributed by atoms with E-state index < -0.39 is 34.0 Å². The average molecular weight is 388 g/mol. The zero-order valence-corrected chi connectivity index (χ0v) is 14.9. The van der Waals surface area contributed by atoms with Gasteiger partial charge in [-0.05, 0) is 38.1 Å². The summed E-state index contributed by atoms with van der Waals surface area (Å²) in [6.45, 7) is 3.05. The quantitative estimate of drug-likeness (QED) is 0.400. The molecule has 0 aliphatic rings. The number of carbonyl (C=O) groups is 2. The summed E-state index contributed by atoms with van der Waals surface area (Å²) in [6, 6.07) is 9.78. The van der Waals surface area contributed by atoms with Gasteiger partial charge in [0.05, 0.1) is 21.0 Å². The summed E-state index contributed by atoms with van der Waals surface area (Å²) < 4.78 is 10.4. The van der Waals surface area contributed by atoms with Crippen LogP contribution in [0.4, 0.5) is 11.4 Å². The van der Waals surface area contributed by atoms with Gasteiger partial charge < -0.3 is 9.47 Å². The molecule has 0 saturated heterocycles. The Morgan fingerprint density at radius 3 is 1.25 bits per heavy atom. The second-order valence-electron chi connectivity index (χ2n) is 5.83. The van der Waals surface area contributed by atoms with Crippen LogP contribution in [-0.4, -0.2) is 34.0 Å². The molecular weight excluding hydrogens is 372 g/mol. The molecule has 0 spiro atoms. The number of esters is 2. The van der Waals surface area contributed by atoms with E-state index in [1.807, 2.05) is 0 Å². The summed E-state index contributed by atoms with van der Waals surface area (Å²) in [7, 11) is 0. The van der Waals surface area contributed by atoms with Gasteiger partial charge in [-0.15, -0.1) is 0 Å². The molecule has 0 unspecified atom stereocenters. The highest BCUT2D eigenvalue weighted by atomic mass is 16.6. The van der Waals surface area contributed by atoms with Crippen LogP contribution in [0.2, 0.25) is 0 Å². The lowest BCUT2D eigenvalue weighted by Crippen LogP contribution is -2.30. The number of hydrogen-bond acceptors (Lipinski definition) is 8. The highest BCUT2D eigenvalue weighted by molar-refractivity contribution is 5.90. The molecule has 0 aliphatic heterocycles. The number of benzene rings is 2. The summed E-state index contributed by atoms with van der Waals surface area (Å²) in [5, 5.41) is 21.3. The first-order chi connectivity index (χ1) is 13.2. The Morgan fingerprint density at radius 1 is 0.714 bits per heavy atom. The molecule has 0 saturated carbocycles. The van der Waals surface area contributed by atoms with E-state index in [9.17, 15) is 29.8 Å². The summed E-state index contributed by atoms with van der Waals surface area (Å²) in [6.07, 6.45) is -1.60. The molecule has 0 amide bonds. The molecule has 0 aromatic heterocycles. The van der Waals surface area contributed by atoms with Crippen LogP contribution in [-0.2, 0) is 9.47 Å². The maximum Gasteiger partial charge on any atom is 0.338 e. The van der Waals surface area contributed by atoms with Gasteiger partial charge in [-0.1, -0.05) is 0 Å². The lowest BCUT2D eigenvalue weighted by Gasteiger charge is -2.20. The van der Waals surface area contributed by atoms with Crippen molar-refractivity contribution in [1.82, 2.24) is 0 Å². The van der Waals surface area contributed by atoms with Gasteiger partial charge in [0.15, 0.2) is 0 Å². The molecule has 0 radical (unpaired) electrons. The van der Waals surface area contributed by atoms with Crippen LogP contribution in [0.3, 0.4) is 0 Å². The average Bonchev–Trinajstić information content (AvgIpc) is 2.67. The second-order valence-corrected chi connectivity index (χ2v) is 5.83. The maximum atomic E-state index is 12.1. The highest BCUT2D eigenvalue weighted by Crippen LogP contribution is 2.16. The van der Waals surface area contributed by atoms with Crippen molar-refractivity contribution >= 4 is 23.3 Å². The number of nitro groups is 2. The van der Waals surface area contributed by atoms with E-state index >= 15 is 0 Å². The number of non-ortho nitro benzene ring substituents is 2. The van der Waals surface area contributed by atoms with Gasteiger partial charge in [0, 0.05) is 24.3 Å². The van der Waals surface area contributed by atoms with Gasteiger partial charge in [0.2, 0.25) is 0 Å². The van der Waals surface area contributed by atoms with Crippen LogP contribution in [0.5, 0.6) is 0 Å². The van der Waals surface area contributed by atoms with Crippen molar-refractivity contribution in [1.29, 1.82) is 0 Å². The summed E-state index contributed by atoms with van der Waals surface area (Å²) in [5.74, 6) is -1.44. The number of rotatable bonds is 7. The largest absolute Gasteiger partial charge is 0.455 e. The van der Waals surface area contributed by atoms with E-state index in [0.717, 1.165) is 0 Å². The molecule has 0 N–H and O–H groups in total. The number of nitrogens with zero attached hydrogens (tertiary/aromatic N) is 2. The Kier molecular flexibility index (Phi) is 6.38. The third-order valence-electron chi connectivity index (χ3n) is 3.87. The minimum atomic E-state index is -0.801. The smallest absolute Gasteiger partial charge is 0.338 e. The van der Waals surface area contributed by atoms with E-state index in [2.05, 4.69) is 0 Å². The van der Waals surface area contributed by atoms with Crippen LogP contribution < -0.4 is 0 Å². The molecule has 28 heavy (non-hydrogen) atoms. The molecule has 146 valence electrons. The number of ether oxygens (including phenoxy) is 2. The molecule has 2 rings (SSSR count). The van der Waals surface area contributed by atoms with Gasteiger partial charge >= 0.3 is 11.9 Å². The van der Waals surface area contributed by atoms with E-state index in [1.165, 1.54) is 62.4 Å². The molecule has 2 aromatic carbocycles. The van der Waals surface area contributed by atoms with Crippen molar-refractivity contribution in [3.05, 3.63) is 79.9 Å². The zero-order valence-electron chi connectivity index (χ0n) is 14.9. The van der Waals surface area contributed by atoms with Crippen LogP contribution >= 0.6 is 0 Å². The monoisotopic (exact) mass is 388 g/mol.